The van der Waals surface area contributed by atoms with Gasteiger partial charge in [-0.3, -0.25) is 9.97 Å². The number of phenolic OH excluding ortho intramolecular Hbond substituents is 1. The summed E-state index contributed by atoms with van der Waals surface area (Å²) in [4.78, 5) is 9.71. The van der Waals surface area contributed by atoms with E-state index in [9.17, 15) is 5.11 Å². The molecule has 3 nitrogen and oxygen atoms in total. The molecule has 0 aliphatic heterocycles. The zero-order valence-electron chi connectivity index (χ0n) is 21.3. The van der Waals surface area contributed by atoms with E-state index in [1.54, 1.807) is 6.07 Å². The van der Waals surface area contributed by atoms with Crippen molar-refractivity contribution in [3.63, 3.8) is 0 Å². The number of aryl methyl sites for hydroxylation is 1. The molecule has 0 radical (unpaired) electrons. The van der Waals surface area contributed by atoms with Gasteiger partial charge in [-0.1, -0.05) is 86.6 Å². The Morgan fingerprint density at radius 2 is 1.53 bits per heavy atom. The van der Waals surface area contributed by atoms with Crippen LogP contribution in [0.1, 0.15) is 69.1 Å². The first-order valence-electron chi connectivity index (χ1n) is 12.9. The van der Waals surface area contributed by atoms with E-state index in [0.29, 0.717) is 5.75 Å². The molecule has 0 bridgehead atoms. The zero-order valence-corrected chi connectivity index (χ0v) is 22.8. The Labute approximate surface area is 228 Å². The summed E-state index contributed by atoms with van der Waals surface area (Å²) in [7, 11) is 0. The van der Waals surface area contributed by atoms with E-state index >= 15 is 0 Å². The minimum atomic E-state index is -0.0853. The van der Waals surface area contributed by atoms with Crippen LogP contribution in [0.4, 0.5) is 0 Å². The smallest absolute Gasteiger partial charge is 0.125 e. The standard InChI is InChI=1S/C32H33N2O.Pd/c1-4-6-17-32(18-7-5-2)25-12-9-13-29(35)30(25)31-26(32)14-15-27(34-31)23-10-8-11-24(21-23)28-20-22(3)16-19-33-28;/h8-16,19-20,35H,4-7,17-18H2,1-3H3;/q-1;. The molecule has 1 N–H and O–H groups in total. The van der Waals surface area contributed by atoms with Crippen molar-refractivity contribution in [3.05, 3.63) is 89.6 Å². The molecule has 36 heavy (non-hydrogen) atoms. The fourth-order valence-corrected chi connectivity index (χ4v) is 5.59. The molecule has 0 saturated carbocycles. The van der Waals surface area contributed by atoms with Crippen molar-refractivity contribution in [2.75, 3.05) is 0 Å². The molecule has 4 aromatic rings. The third kappa shape index (κ3) is 4.65. The van der Waals surface area contributed by atoms with E-state index in [2.05, 4.69) is 62.2 Å². The summed E-state index contributed by atoms with van der Waals surface area (Å²) in [6.45, 7) is 6.57. The molecular weight excluding hydrogens is 535 g/mol. The number of unbranched alkanes of at least 4 members (excludes halogenated alkanes) is 2. The van der Waals surface area contributed by atoms with Gasteiger partial charge in [-0.2, -0.15) is 0 Å². The van der Waals surface area contributed by atoms with Gasteiger partial charge < -0.3 is 5.11 Å². The molecule has 0 saturated heterocycles. The average molecular weight is 568 g/mol. The molecule has 1 aliphatic carbocycles. The summed E-state index contributed by atoms with van der Waals surface area (Å²) in [5, 5.41) is 11.0. The van der Waals surface area contributed by atoms with E-state index in [1.165, 1.54) is 16.7 Å². The van der Waals surface area contributed by atoms with Crippen LogP contribution in [0.5, 0.6) is 5.75 Å². The van der Waals surface area contributed by atoms with Crippen LogP contribution in [-0.4, -0.2) is 15.1 Å². The fourth-order valence-electron chi connectivity index (χ4n) is 5.59. The third-order valence-corrected chi connectivity index (χ3v) is 7.38. The van der Waals surface area contributed by atoms with Gasteiger partial charge in [0.1, 0.15) is 5.75 Å². The number of rotatable bonds is 8. The predicted molar refractivity (Wildman–Crippen MR) is 143 cm³/mol. The Bertz CT molecular complexity index is 1360. The van der Waals surface area contributed by atoms with E-state index in [-0.39, 0.29) is 25.8 Å². The van der Waals surface area contributed by atoms with Crippen LogP contribution in [0.25, 0.3) is 33.8 Å². The maximum atomic E-state index is 11.0. The molecule has 2 heterocycles. The molecular formula is C32H33N2OPd-. The number of phenols is 1. The van der Waals surface area contributed by atoms with Gasteiger partial charge in [0.15, 0.2) is 0 Å². The summed E-state index contributed by atoms with van der Waals surface area (Å²) in [5.74, 6) is 0.324. The van der Waals surface area contributed by atoms with Crippen LogP contribution in [0.15, 0.2) is 66.9 Å². The molecule has 0 atom stereocenters. The Morgan fingerprint density at radius 3 is 2.22 bits per heavy atom. The van der Waals surface area contributed by atoms with E-state index < -0.39 is 0 Å². The summed E-state index contributed by atoms with van der Waals surface area (Å²) >= 11 is 0. The molecule has 1 aliphatic rings. The number of benzene rings is 2. The van der Waals surface area contributed by atoms with Crippen LogP contribution < -0.4 is 0 Å². The largest absolute Gasteiger partial charge is 0.507 e. The monoisotopic (exact) mass is 567 g/mol. The fraction of sp³-hybridized carbons (Fsp3) is 0.312. The first-order chi connectivity index (χ1) is 17.1. The van der Waals surface area contributed by atoms with Gasteiger partial charge >= 0.3 is 0 Å². The van der Waals surface area contributed by atoms with Crippen LogP contribution in [-0.2, 0) is 25.8 Å². The van der Waals surface area contributed by atoms with Crippen molar-refractivity contribution in [2.45, 2.75) is 64.7 Å². The number of fused-ring (bicyclic) bond motifs is 3. The van der Waals surface area contributed by atoms with Gasteiger partial charge in [-0.05, 0) is 43.0 Å². The van der Waals surface area contributed by atoms with Crippen LogP contribution in [0, 0.1) is 13.0 Å². The Morgan fingerprint density at radius 1 is 0.833 bits per heavy atom. The van der Waals surface area contributed by atoms with Crippen LogP contribution >= 0.6 is 0 Å². The van der Waals surface area contributed by atoms with Crippen molar-refractivity contribution in [2.24, 2.45) is 0 Å². The maximum absolute atomic E-state index is 11.0. The van der Waals surface area contributed by atoms with Crippen molar-refractivity contribution in [3.8, 4) is 39.5 Å². The Hall–Kier alpha value is -2.80. The van der Waals surface area contributed by atoms with E-state index in [4.69, 9.17) is 4.98 Å². The number of hydrogen-bond acceptors (Lipinski definition) is 3. The number of hydrogen-bond donors (Lipinski definition) is 1. The van der Waals surface area contributed by atoms with Crippen LogP contribution in [0.2, 0.25) is 0 Å². The van der Waals surface area contributed by atoms with Crippen molar-refractivity contribution in [1.29, 1.82) is 0 Å². The normalized spacial score (nSPS) is 13.1. The van der Waals surface area contributed by atoms with Gasteiger partial charge in [0, 0.05) is 49.0 Å². The number of nitrogens with zero attached hydrogens (tertiary/aromatic N) is 2. The van der Waals surface area contributed by atoms with Gasteiger partial charge in [-0.25, -0.2) is 0 Å². The molecule has 2 aromatic heterocycles. The Kier molecular flexibility index (Phi) is 8.08. The summed E-state index contributed by atoms with van der Waals surface area (Å²) in [6, 6.07) is 24.1. The van der Waals surface area contributed by atoms with E-state index in [1.807, 2.05) is 30.5 Å². The molecule has 2 aromatic carbocycles. The SMILES string of the molecule is CCCCC1(CCCC)c2ccc(-c3[c-]c(-c4cc(C)ccn4)ccc3)nc2-c2c(O)cccc21.[Pd]. The molecule has 0 spiro atoms. The van der Waals surface area contributed by atoms with Gasteiger partial charge in [0.05, 0.1) is 5.69 Å². The predicted octanol–water partition coefficient (Wildman–Crippen LogP) is 8.27. The minimum Gasteiger partial charge on any atom is -0.507 e. The number of aromatic hydroxyl groups is 1. The molecule has 4 heteroatoms. The summed E-state index contributed by atoms with van der Waals surface area (Å²) in [5.41, 5.74) is 9.09. The van der Waals surface area contributed by atoms with Crippen LogP contribution in [0.3, 0.4) is 0 Å². The minimum absolute atomic E-state index is 0. The second-order valence-electron chi connectivity index (χ2n) is 9.78. The molecule has 0 unspecified atom stereocenters. The third-order valence-electron chi connectivity index (χ3n) is 7.38. The van der Waals surface area contributed by atoms with Gasteiger partial charge in [-0.15, -0.1) is 24.3 Å². The van der Waals surface area contributed by atoms with Gasteiger partial charge in [0.2, 0.25) is 0 Å². The topological polar surface area (TPSA) is 46.0 Å². The summed E-state index contributed by atoms with van der Waals surface area (Å²) < 4.78 is 0. The first kappa shape index (κ1) is 26.3. The first-order valence-corrected chi connectivity index (χ1v) is 12.9. The second-order valence-corrected chi connectivity index (χ2v) is 9.78. The number of aromatic nitrogens is 2. The number of pyridine rings is 2. The quantitative estimate of drug-likeness (QED) is 0.172. The van der Waals surface area contributed by atoms with Crippen molar-refractivity contribution >= 4 is 0 Å². The molecule has 5 rings (SSSR count). The second kappa shape index (κ2) is 11.1. The zero-order chi connectivity index (χ0) is 24.4. The van der Waals surface area contributed by atoms with Gasteiger partial charge in [0.25, 0.3) is 0 Å². The maximum Gasteiger partial charge on any atom is 0.125 e. The Balaban J connectivity index is 0.00000304. The average Bonchev–Trinajstić information content (AvgIpc) is 3.16. The molecule has 0 amide bonds. The van der Waals surface area contributed by atoms with Crippen molar-refractivity contribution < 1.29 is 25.5 Å². The molecule has 188 valence electrons. The van der Waals surface area contributed by atoms with Crippen molar-refractivity contribution in [1.82, 2.24) is 9.97 Å². The summed E-state index contributed by atoms with van der Waals surface area (Å²) in [6.07, 6.45) is 8.60. The van der Waals surface area contributed by atoms with E-state index in [0.717, 1.165) is 72.3 Å². The molecule has 0 fully saturated rings.